The highest BCUT2D eigenvalue weighted by molar-refractivity contribution is 5.78. The third kappa shape index (κ3) is 10.2. The molecule has 0 saturated carbocycles. The van der Waals surface area contributed by atoms with E-state index in [4.69, 9.17) is 0 Å². The fourth-order valence-corrected chi connectivity index (χ4v) is 9.62. The van der Waals surface area contributed by atoms with Gasteiger partial charge in [0.15, 0.2) is 0 Å². The minimum atomic E-state index is -1.38. The first kappa shape index (κ1) is 46.2. The highest BCUT2D eigenvalue weighted by Gasteiger charge is 2.53. The van der Waals surface area contributed by atoms with Gasteiger partial charge in [-0.3, -0.25) is 38.4 Å². The van der Waals surface area contributed by atoms with Crippen molar-refractivity contribution in [3.05, 3.63) is 61.8 Å². The average Bonchev–Trinajstić information content (AvgIpc) is 3.77. The number of hydrogen-bond acceptors (Lipinski definition) is 10. The van der Waals surface area contributed by atoms with Gasteiger partial charge in [-0.05, 0) is 84.1 Å². The molecule has 0 aromatic carbocycles. The molecule has 5 heterocycles. The Kier molecular flexibility index (Phi) is 13.7. The standard InChI is InChI=1S/C42H50N4O16/c1-41(17-39(59)60)23(5-9-35(51)52)29-14-27-21(11-37(55)56)19(3-7-33(47)48)25(43-27)13-26-20(4-8-34(49)50)22(12-38(57)58)28(44-26)15-31-42(2,18-40(61)62)24(6-10-36(53)54)30(46-31)16-32(41)45-29/h13-16,23-24,29-30,43-46H,3-12,17-18H2,1-2H3,(H,47,48)(H,49,50)(H,51,52)(H,53,54)(H,55,56)(H,57,58)(H,59,60)(H,61,62)/b25-13-,27-14-,31-15-,32-16-/t23-,24-,29?,30?,41+,42+/m1/s1. The number of carboxylic acid groups (broad SMARTS) is 8. The normalized spacial score (nSPS) is 26.5. The van der Waals surface area contributed by atoms with E-state index >= 15 is 0 Å². The molecule has 2 saturated heterocycles. The van der Waals surface area contributed by atoms with E-state index in [1.165, 1.54) is 12.2 Å². The largest absolute Gasteiger partial charge is 0.481 e. The molecule has 3 aliphatic rings. The molecule has 2 aromatic rings. The van der Waals surface area contributed by atoms with E-state index < -0.39 is 134 Å². The van der Waals surface area contributed by atoms with E-state index in [2.05, 4.69) is 20.6 Å². The van der Waals surface area contributed by atoms with E-state index in [-0.39, 0.29) is 75.7 Å². The molecule has 0 amide bonds. The van der Waals surface area contributed by atoms with E-state index in [0.29, 0.717) is 5.70 Å². The van der Waals surface area contributed by atoms with Gasteiger partial charge in [0.2, 0.25) is 0 Å². The molecule has 0 radical (unpaired) electrons. The summed E-state index contributed by atoms with van der Waals surface area (Å²) < 4.78 is 0. The van der Waals surface area contributed by atoms with Gasteiger partial charge in [0, 0.05) is 76.0 Å². The fraction of sp³-hybridized carbons (Fsp3) is 0.476. The predicted molar refractivity (Wildman–Crippen MR) is 215 cm³/mol. The van der Waals surface area contributed by atoms with Gasteiger partial charge in [0.25, 0.3) is 0 Å². The molecule has 2 unspecified atom stereocenters. The van der Waals surface area contributed by atoms with Crippen molar-refractivity contribution < 1.29 is 79.2 Å². The van der Waals surface area contributed by atoms with E-state index in [1.807, 2.05) is 0 Å². The fourth-order valence-electron chi connectivity index (χ4n) is 9.62. The second-order valence-corrected chi connectivity index (χ2v) is 16.6. The van der Waals surface area contributed by atoms with Gasteiger partial charge in [-0.2, -0.15) is 0 Å². The zero-order chi connectivity index (χ0) is 45.8. The number of rotatable bonds is 20. The molecule has 12 N–H and O–H groups in total. The Morgan fingerprint density at radius 2 is 0.935 bits per heavy atom. The summed E-state index contributed by atoms with van der Waals surface area (Å²) in [6.45, 7) is 3.24. The highest BCUT2D eigenvalue weighted by atomic mass is 16.4. The minimum absolute atomic E-state index is 0.0723. The average molecular weight is 867 g/mol. The first-order valence-corrected chi connectivity index (χ1v) is 19.9. The Bertz CT molecular complexity index is 2390. The van der Waals surface area contributed by atoms with Crippen molar-refractivity contribution in [3.8, 4) is 0 Å². The van der Waals surface area contributed by atoms with Crippen LogP contribution in [0, 0.1) is 22.7 Å². The topological polar surface area (TPSA) is 354 Å². The summed E-state index contributed by atoms with van der Waals surface area (Å²) >= 11 is 0. The molecule has 2 aromatic heterocycles. The monoisotopic (exact) mass is 866 g/mol. The number of nitrogens with one attached hydrogen (secondary N) is 4. The summed E-state index contributed by atoms with van der Waals surface area (Å²) in [5.41, 5.74) is -1.08. The van der Waals surface area contributed by atoms with Crippen LogP contribution in [-0.4, -0.2) is 111 Å². The summed E-state index contributed by atoms with van der Waals surface area (Å²) in [4.78, 5) is 104. The van der Waals surface area contributed by atoms with Crippen LogP contribution in [0.5, 0.6) is 0 Å². The zero-order valence-corrected chi connectivity index (χ0v) is 33.9. The Hall–Kier alpha value is -6.86. The van der Waals surface area contributed by atoms with Crippen molar-refractivity contribution in [3.63, 3.8) is 0 Å². The van der Waals surface area contributed by atoms with E-state index in [0.717, 1.165) is 0 Å². The molecule has 0 aliphatic carbocycles. The van der Waals surface area contributed by atoms with Gasteiger partial charge < -0.3 is 61.5 Å². The number of carbonyl (C=O) groups is 8. The van der Waals surface area contributed by atoms with Gasteiger partial charge in [-0.1, -0.05) is 13.8 Å². The third-order valence-corrected chi connectivity index (χ3v) is 12.4. The summed E-state index contributed by atoms with van der Waals surface area (Å²) in [6, 6.07) is -1.79. The molecule has 3 aliphatic heterocycles. The van der Waals surface area contributed by atoms with Crippen LogP contribution in [0.15, 0.2) is 17.5 Å². The number of aromatic amines is 2. The second kappa shape index (κ2) is 18.4. The number of allylic oxidation sites excluding steroid dienone is 2. The molecule has 2 fully saturated rings. The molecule has 20 heteroatoms. The van der Waals surface area contributed by atoms with Crippen LogP contribution >= 0.6 is 0 Å². The zero-order valence-electron chi connectivity index (χ0n) is 33.9. The van der Waals surface area contributed by atoms with Crippen molar-refractivity contribution in [2.45, 2.75) is 103 Å². The molecule has 8 bridgehead atoms. The van der Waals surface area contributed by atoms with Gasteiger partial charge in [0.05, 0.1) is 31.7 Å². The number of carboxylic acids is 8. The number of fused-ring (bicyclic) bond motifs is 8. The summed E-state index contributed by atoms with van der Waals surface area (Å²) in [5.74, 6) is -11.4. The van der Waals surface area contributed by atoms with Crippen molar-refractivity contribution in [2.75, 3.05) is 0 Å². The number of aliphatic carboxylic acids is 8. The van der Waals surface area contributed by atoms with Crippen molar-refractivity contribution in [1.82, 2.24) is 20.6 Å². The van der Waals surface area contributed by atoms with Crippen LogP contribution in [0.3, 0.4) is 0 Å². The van der Waals surface area contributed by atoms with Gasteiger partial charge in [-0.15, -0.1) is 0 Å². The van der Waals surface area contributed by atoms with Crippen molar-refractivity contribution >= 4 is 66.0 Å². The first-order chi connectivity index (χ1) is 29.0. The van der Waals surface area contributed by atoms with Crippen LogP contribution in [0.25, 0.3) is 18.2 Å². The Labute approximate surface area is 352 Å². The molecule has 5 rings (SSSR count). The Morgan fingerprint density at radius 1 is 0.484 bits per heavy atom. The summed E-state index contributed by atoms with van der Waals surface area (Å²) in [7, 11) is 0. The maximum atomic E-state index is 12.6. The lowest BCUT2D eigenvalue weighted by molar-refractivity contribution is -0.141. The smallest absolute Gasteiger partial charge is 0.307 e. The van der Waals surface area contributed by atoms with Crippen molar-refractivity contribution in [1.29, 1.82) is 0 Å². The van der Waals surface area contributed by atoms with Gasteiger partial charge in [0.1, 0.15) is 0 Å². The van der Waals surface area contributed by atoms with Crippen molar-refractivity contribution in [2.24, 2.45) is 22.7 Å². The lowest BCUT2D eigenvalue weighted by atomic mass is 9.68. The van der Waals surface area contributed by atoms with Crippen LogP contribution in [0.1, 0.15) is 98.9 Å². The van der Waals surface area contributed by atoms with Crippen LogP contribution in [0.2, 0.25) is 0 Å². The molecular weight excluding hydrogens is 816 g/mol. The third-order valence-electron chi connectivity index (χ3n) is 12.4. The highest BCUT2D eigenvalue weighted by Crippen LogP contribution is 2.52. The summed E-state index contributed by atoms with van der Waals surface area (Å²) in [6.07, 6.45) is 1.62. The number of H-pyrrole nitrogens is 2. The lowest BCUT2D eigenvalue weighted by Crippen LogP contribution is -2.34. The first-order valence-electron chi connectivity index (χ1n) is 19.9. The SMILES string of the molecule is C[C@@]1(CC(=O)O)/C2=C/c3[nH]c(c(CCC(=O)O)c3CC(=O)O)/C=c3\[nH]/c(c(CC(=O)O)c3CCC(=O)O)=C\C3N/C(=C\C(N2)[C@H]1CCC(=O)O)[C@@](C)(CC(=O)O)[C@@H]3CCC(=O)O. The van der Waals surface area contributed by atoms with E-state index in [1.54, 1.807) is 26.0 Å². The molecule has 20 nitrogen and oxygen atoms in total. The Balaban J connectivity index is 1.99. The van der Waals surface area contributed by atoms with Crippen LogP contribution in [0.4, 0.5) is 0 Å². The van der Waals surface area contributed by atoms with Gasteiger partial charge >= 0.3 is 47.8 Å². The predicted octanol–water partition coefficient (Wildman–Crippen LogP) is 1.35. The maximum absolute atomic E-state index is 12.6. The molecule has 334 valence electrons. The quantitative estimate of drug-likeness (QED) is 0.0893. The van der Waals surface area contributed by atoms with Crippen LogP contribution in [-0.2, 0) is 64.0 Å². The minimum Gasteiger partial charge on any atom is -0.481 e. The maximum Gasteiger partial charge on any atom is 0.307 e. The van der Waals surface area contributed by atoms with Gasteiger partial charge in [-0.25, -0.2) is 0 Å². The second-order valence-electron chi connectivity index (χ2n) is 16.6. The van der Waals surface area contributed by atoms with E-state index in [9.17, 15) is 79.2 Å². The Morgan fingerprint density at radius 3 is 1.44 bits per heavy atom. The lowest BCUT2D eigenvalue weighted by Gasteiger charge is -2.33. The number of hydrogen-bond donors (Lipinski definition) is 12. The number of aromatic nitrogens is 2. The molecular formula is C42H50N4O16. The molecule has 0 spiro atoms. The van der Waals surface area contributed by atoms with Crippen LogP contribution < -0.4 is 21.3 Å². The molecule has 6 atom stereocenters. The summed E-state index contributed by atoms with van der Waals surface area (Å²) in [5, 5.41) is 86.9. The molecule has 62 heavy (non-hydrogen) atoms.